The molecule has 0 saturated carbocycles. The first kappa shape index (κ1) is 13.3. The van der Waals surface area contributed by atoms with Crippen LogP contribution in [-0.2, 0) is 0 Å². The van der Waals surface area contributed by atoms with Crippen LogP contribution in [0.3, 0.4) is 0 Å². The molecule has 1 saturated heterocycles. The molecule has 2 atom stereocenters. The third-order valence-electron chi connectivity index (χ3n) is 3.15. The number of alkyl halides is 3. The minimum Gasteiger partial charge on any atom is -0.310 e. The van der Waals surface area contributed by atoms with Crippen molar-refractivity contribution in [1.29, 1.82) is 0 Å². The van der Waals surface area contributed by atoms with Gasteiger partial charge in [-0.15, -0.1) is 0 Å². The molecule has 1 aliphatic rings. The van der Waals surface area contributed by atoms with Crippen LogP contribution >= 0.6 is 0 Å². The minimum atomic E-state index is -4.26. The fourth-order valence-electron chi connectivity index (χ4n) is 2.25. The summed E-state index contributed by atoms with van der Waals surface area (Å²) in [5, 5.41) is 2.86. The van der Waals surface area contributed by atoms with Gasteiger partial charge >= 0.3 is 6.18 Å². The van der Waals surface area contributed by atoms with Gasteiger partial charge in [-0.05, 0) is 37.1 Å². The number of hydrogen-bond donors (Lipinski definition) is 1. The monoisotopic (exact) mass is 265 g/mol. The molecule has 1 heterocycles. The first-order valence-electron chi connectivity index (χ1n) is 5.62. The van der Waals surface area contributed by atoms with Crippen molar-refractivity contribution < 1.29 is 22.0 Å². The van der Waals surface area contributed by atoms with E-state index >= 15 is 0 Å². The largest absolute Gasteiger partial charge is 0.391 e. The number of hydrogen-bond acceptors (Lipinski definition) is 1. The van der Waals surface area contributed by atoms with Gasteiger partial charge in [-0.25, -0.2) is 8.78 Å². The molecule has 2 unspecified atom stereocenters. The van der Waals surface area contributed by atoms with Crippen molar-refractivity contribution in [1.82, 2.24) is 5.32 Å². The number of halogens is 5. The third-order valence-corrected chi connectivity index (χ3v) is 3.15. The first-order valence-corrected chi connectivity index (χ1v) is 5.62. The number of nitrogens with one attached hydrogen (secondary N) is 1. The predicted octanol–water partition coefficient (Wildman–Crippen LogP) is 3.57. The number of rotatable bonds is 1. The standard InChI is InChI=1S/C12H12F5N/c13-9-3-7(4-10(14)6-9)11-5-8(1-2-18-11)12(15,16)17/h3-4,6,8,11,18H,1-2,5H2. The Balaban J connectivity index is 2.18. The molecule has 1 aromatic rings. The molecule has 6 heteroatoms. The molecule has 18 heavy (non-hydrogen) atoms. The van der Waals surface area contributed by atoms with Crippen molar-refractivity contribution in [3.8, 4) is 0 Å². The molecule has 1 aliphatic heterocycles. The second-order valence-electron chi connectivity index (χ2n) is 4.47. The molecule has 0 bridgehead atoms. The molecule has 0 spiro atoms. The van der Waals surface area contributed by atoms with Crippen LogP contribution in [0.25, 0.3) is 0 Å². The number of piperidine rings is 1. The van der Waals surface area contributed by atoms with Crippen molar-refractivity contribution in [2.45, 2.75) is 25.1 Å². The summed E-state index contributed by atoms with van der Waals surface area (Å²) in [7, 11) is 0. The van der Waals surface area contributed by atoms with Crippen LogP contribution < -0.4 is 5.32 Å². The summed E-state index contributed by atoms with van der Waals surface area (Å²) in [6.07, 6.45) is -4.45. The molecule has 2 rings (SSSR count). The van der Waals surface area contributed by atoms with E-state index in [4.69, 9.17) is 0 Å². The Kier molecular flexibility index (Phi) is 3.56. The highest BCUT2D eigenvalue weighted by atomic mass is 19.4. The van der Waals surface area contributed by atoms with Crippen molar-refractivity contribution in [3.63, 3.8) is 0 Å². The molecule has 1 N–H and O–H groups in total. The lowest BCUT2D eigenvalue weighted by Crippen LogP contribution is -2.38. The molecule has 0 aliphatic carbocycles. The molecule has 100 valence electrons. The first-order chi connectivity index (χ1) is 8.36. The molecule has 0 aromatic heterocycles. The smallest absolute Gasteiger partial charge is 0.310 e. The topological polar surface area (TPSA) is 12.0 Å². The zero-order valence-electron chi connectivity index (χ0n) is 9.40. The lowest BCUT2D eigenvalue weighted by atomic mass is 9.88. The zero-order valence-corrected chi connectivity index (χ0v) is 9.40. The number of benzene rings is 1. The second-order valence-corrected chi connectivity index (χ2v) is 4.47. The van der Waals surface area contributed by atoms with E-state index in [9.17, 15) is 22.0 Å². The van der Waals surface area contributed by atoms with Crippen LogP contribution in [0.2, 0.25) is 0 Å². The maximum absolute atomic E-state index is 13.0. The second kappa shape index (κ2) is 4.84. The SMILES string of the molecule is Fc1cc(F)cc(C2CC(C(F)(F)F)CCN2)c1. The van der Waals surface area contributed by atoms with Crippen molar-refractivity contribution in [2.24, 2.45) is 5.92 Å². The Morgan fingerprint density at radius 3 is 2.22 bits per heavy atom. The summed E-state index contributed by atoms with van der Waals surface area (Å²) in [6.45, 7) is 0.187. The quantitative estimate of drug-likeness (QED) is 0.765. The maximum atomic E-state index is 13.0. The van der Waals surface area contributed by atoms with Gasteiger partial charge in [0.2, 0.25) is 0 Å². The van der Waals surface area contributed by atoms with Crippen LogP contribution in [0, 0.1) is 17.6 Å². The Morgan fingerprint density at radius 1 is 1.06 bits per heavy atom. The molecule has 0 amide bonds. The summed E-state index contributed by atoms with van der Waals surface area (Å²) < 4.78 is 63.9. The summed E-state index contributed by atoms with van der Waals surface area (Å²) in [6, 6.07) is 2.18. The zero-order chi connectivity index (χ0) is 13.3. The van der Waals surface area contributed by atoms with Gasteiger partial charge in [-0.1, -0.05) is 0 Å². The van der Waals surface area contributed by atoms with Gasteiger partial charge in [-0.2, -0.15) is 13.2 Å². The van der Waals surface area contributed by atoms with Crippen molar-refractivity contribution >= 4 is 0 Å². The molecule has 0 radical (unpaired) electrons. The van der Waals surface area contributed by atoms with Gasteiger partial charge in [0.05, 0.1) is 5.92 Å². The van der Waals surface area contributed by atoms with E-state index in [1.807, 2.05) is 0 Å². The Labute approximate surface area is 101 Å². The van der Waals surface area contributed by atoms with Gasteiger partial charge in [0.25, 0.3) is 0 Å². The Hall–Kier alpha value is -1.17. The van der Waals surface area contributed by atoms with E-state index < -0.39 is 29.8 Å². The lowest BCUT2D eigenvalue weighted by molar-refractivity contribution is -0.183. The van der Waals surface area contributed by atoms with Crippen molar-refractivity contribution in [2.75, 3.05) is 6.54 Å². The highest BCUT2D eigenvalue weighted by Gasteiger charge is 2.42. The van der Waals surface area contributed by atoms with E-state index in [0.29, 0.717) is 6.07 Å². The van der Waals surface area contributed by atoms with Crippen LogP contribution in [0.5, 0.6) is 0 Å². The Morgan fingerprint density at radius 2 is 1.67 bits per heavy atom. The van der Waals surface area contributed by atoms with Crippen molar-refractivity contribution in [3.05, 3.63) is 35.4 Å². The predicted molar refractivity (Wildman–Crippen MR) is 55.9 cm³/mol. The Bertz CT molecular complexity index is 409. The van der Waals surface area contributed by atoms with E-state index in [0.717, 1.165) is 12.1 Å². The lowest BCUT2D eigenvalue weighted by Gasteiger charge is -2.31. The van der Waals surface area contributed by atoms with Gasteiger partial charge in [0, 0.05) is 12.1 Å². The fourth-order valence-corrected chi connectivity index (χ4v) is 2.25. The van der Waals surface area contributed by atoms with E-state index in [-0.39, 0.29) is 24.9 Å². The van der Waals surface area contributed by atoms with Gasteiger partial charge in [0.1, 0.15) is 11.6 Å². The third kappa shape index (κ3) is 2.98. The van der Waals surface area contributed by atoms with Crippen LogP contribution in [-0.4, -0.2) is 12.7 Å². The molecular weight excluding hydrogens is 253 g/mol. The normalized spacial score (nSPS) is 25.2. The average molecular weight is 265 g/mol. The highest BCUT2D eigenvalue weighted by Crippen LogP contribution is 2.38. The molecular formula is C12H12F5N. The van der Waals surface area contributed by atoms with E-state index in [1.165, 1.54) is 0 Å². The van der Waals surface area contributed by atoms with Gasteiger partial charge in [0.15, 0.2) is 0 Å². The van der Waals surface area contributed by atoms with Gasteiger partial charge < -0.3 is 5.32 Å². The molecule has 1 fully saturated rings. The summed E-state index contributed by atoms with van der Waals surface area (Å²) in [5.41, 5.74) is 0.224. The van der Waals surface area contributed by atoms with Gasteiger partial charge in [-0.3, -0.25) is 0 Å². The summed E-state index contributed by atoms with van der Waals surface area (Å²) in [5.74, 6) is -2.98. The fraction of sp³-hybridized carbons (Fsp3) is 0.500. The van der Waals surface area contributed by atoms with Crippen LogP contribution in [0.4, 0.5) is 22.0 Å². The van der Waals surface area contributed by atoms with E-state index in [1.54, 1.807) is 0 Å². The minimum absolute atomic E-state index is 0.00218. The van der Waals surface area contributed by atoms with Crippen LogP contribution in [0.1, 0.15) is 24.4 Å². The highest BCUT2D eigenvalue weighted by molar-refractivity contribution is 5.22. The van der Waals surface area contributed by atoms with E-state index in [2.05, 4.69) is 5.32 Å². The average Bonchev–Trinajstić information content (AvgIpc) is 2.27. The van der Waals surface area contributed by atoms with Crippen LogP contribution in [0.15, 0.2) is 18.2 Å². The maximum Gasteiger partial charge on any atom is 0.391 e. The summed E-state index contributed by atoms with van der Waals surface area (Å²) >= 11 is 0. The molecule has 1 aromatic carbocycles. The molecule has 1 nitrogen and oxygen atoms in total. The summed E-state index contributed by atoms with van der Waals surface area (Å²) in [4.78, 5) is 0.